The van der Waals surface area contributed by atoms with Crippen LogP contribution in [0.3, 0.4) is 0 Å². The number of thiophene rings is 1. The highest BCUT2D eigenvalue weighted by Crippen LogP contribution is 2.20. The van der Waals surface area contributed by atoms with Crippen LogP contribution in [0.15, 0.2) is 35.2 Å². The van der Waals surface area contributed by atoms with E-state index in [9.17, 15) is 8.78 Å². The normalized spacial score (nSPS) is 10.9. The Morgan fingerprint density at radius 2 is 2.05 bits per heavy atom. The first-order valence-electron chi connectivity index (χ1n) is 5.86. The van der Waals surface area contributed by atoms with Gasteiger partial charge in [-0.1, -0.05) is 5.21 Å². The number of nitrogens with zero attached hydrogens (tertiary/aromatic N) is 3. The summed E-state index contributed by atoms with van der Waals surface area (Å²) < 4.78 is 28.2. The van der Waals surface area contributed by atoms with Gasteiger partial charge in [-0.25, -0.2) is 13.5 Å². The molecule has 0 radical (unpaired) electrons. The van der Waals surface area contributed by atoms with E-state index in [0.29, 0.717) is 5.69 Å². The number of halogens is 2. The smallest absolute Gasteiger partial charge is 0.423 e. The fourth-order valence-electron chi connectivity index (χ4n) is 1.85. The fraction of sp³-hybridized carbons (Fsp3) is 0. The van der Waals surface area contributed by atoms with Gasteiger partial charge in [0.25, 0.3) is 0 Å². The Morgan fingerprint density at radius 1 is 1.24 bits per heavy atom. The van der Waals surface area contributed by atoms with E-state index in [1.54, 1.807) is 6.20 Å². The molecule has 0 fully saturated rings. The minimum absolute atomic E-state index is 0.144. The second kappa shape index (κ2) is 5.36. The summed E-state index contributed by atoms with van der Waals surface area (Å²) in [6.07, 6.45) is 1.54. The van der Waals surface area contributed by atoms with Crippen molar-refractivity contribution in [1.29, 1.82) is 0 Å². The molecule has 0 atom stereocenters. The van der Waals surface area contributed by atoms with Crippen molar-refractivity contribution < 1.29 is 18.8 Å². The minimum Gasteiger partial charge on any atom is -0.423 e. The summed E-state index contributed by atoms with van der Waals surface area (Å²) in [6, 6.07) is 3.87. The molecule has 0 bridgehead atoms. The Bertz CT molecular complexity index is 777. The average molecular weight is 307 g/mol. The van der Waals surface area contributed by atoms with Crippen LogP contribution in [0.4, 0.5) is 8.78 Å². The molecule has 3 aromatic rings. The summed E-state index contributed by atoms with van der Waals surface area (Å²) >= 11 is 1.50. The van der Waals surface area contributed by atoms with Crippen LogP contribution in [0.1, 0.15) is 0 Å². The second-order valence-corrected chi connectivity index (χ2v) is 5.04. The van der Waals surface area contributed by atoms with Gasteiger partial charge in [0.1, 0.15) is 5.69 Å². The third-order valence-corrected chi connectivity index (χ3v) is 3.58. The lowest BCUT2D eigenvalue weighted by Crippen LogP contribution is -2.34. The largest absolute Gasteiger partial charge is 0.491 e. The van der Waals surface area contributed by atoms with Gasteiger partial charge in [-0.2, -0.15) is 11.3 Å². The summed E-state index contributed by atoms with van der Waals surface area (Å²) in [5, 5.41) is 29.7. The van der Waals surface area contributed by atoms with Crippen LogP contribution in [0.25, 0.3) is 16.9 Å². The number of aromatic nitrogens is 3. The Hall–Kier alpha value is -2.10. The molecule has 0 saturated heterocycles. The fourth-order valence-corrected chi connectivity index (χ4v) is 2.50. The van der Waals surface area contributed by atoms with E-state index in [1.165, 1.54) is 16.0 Å². The van der Waals surface area contributed by atoms with Gasteiger partial charge in [0, 0.05) is 22.5 Å². The van der Waals surface area contributed by atoms with Gasteiger partial charge in [-0.05, 0) is 17.5 Å². The summed E-state index contributed by atoms with van der Waals surface area (Å²) in [4.78, 5) is 0. The lowest BCUT2D eigenvalue weighted by molar-refractivity contribution is 0.420. The Morgan fingerprint density at radius 3 is 2.71 bits per heavy atom. The zero-order valence-electron chi connectivity index (χ0n) is 10.4. The van der Waals surface area contributed by atoms with E-state index < -0.39 is 24.2 Å². The van der Waals surface area contributed by atoms with E-state index in [-0.39, 0.29) is 5.69 Å². The minimum atomic E-state index is -2.11. The third-order valence-electron chi connectivity index (χ3n) is 2.89. The molecular weight excluding hydrogens is 299 g/mol. The molecule has 0 saturated carbocycles. The maximum absolute atomic E-state index is 13.5. The first-order chi connectivity index (χ1) is 10.1. The van der Waals surface area contributed by atoms with Crippen LogP contribution in [-0.4, -0.2) is 32.2 Å². The monoisotopic (exact) mass is 307 g/mol. The van der Waals surface area contributed by atoms with Gasteiger partial charge in [-0.3, -0.25) is 0 Å². The van der Waals surface area contributed by atoms with Crippen molar-refractivity contribution in [3.63, 3.8) is 0 Å². The first-order valence-corrected chi connectivity index (χ1v) is 6.81. The van der Waals surface area contributed by atoms with Gasteiger partial charge in [0.15, 0.2) is 11.6 Å². The van der Waals surface area contributed by atoms with Gasteiger partial charge in [0.2, 0.25) is 0 Å². The molecule has 1 aromatic carbocycles. The Balaban J connectivity index is 2.05. The molecule has 2 heterocycles. The Labute approximate surface area is 122 Å². The van der Waals surface area contributed by atoms with E-state index in [0.717, 1.165) is 17.7 Å². The predicted molar refractivity (Wildman–Crippen MR) is 74.4 cm³/mol. The molecule has 21 heavy (non-hydrogen) atoms. The average Bonchev–Trinajstić information content (AvgIpc) is 3.10. The van der Waals surface area contributed by atoms with Crippen LogP contribution in [0, 0.1) is 11.6 Å². The number of benzene rings is 1. The van der Waals surface area contributed by atoms with E-state index in [2.05, 4.69) is 10.3 Å². The van der Waals surface area contributed by atoms with Gasteiger partial charge < -0.3 is 10.0 Å². The van der Waals surface area contributed by atoms with Crippen LogP contribution in [0.5, 0.6) is 0 Å². The van der Waals surface area contributed by atoms with Crippen LogP contribution in [-0.2, 0) is 0 Å². The highest BCUT2D eigenvalue weighted by Gasteiger charge is 2.21. The molecule has 0 aliphatic heterocycles. The molecule has 0 amide bonds. The summed E-state index contributed by atoms with van der Waals surface area (Å²) in [5.41, 5.74) is 1.02. The first kappa shape index (κ1) is 13.9. The molecule has 9 heteroatoms. The van der Waals surface area contributed by atoms with Gasteiger partial charge in [0.05, 0.1) is 11.9 Å². The third kappa shape index (κ3) is 2.58. The van der Waals surface area contributed by atoms with Gasteiger partial charge >= 0.3 is 7.12 Å². The molecule has 5 nitrogen and oxygen atoms in total. The summed E-state index contributed by atoms with van der Waals surface area (Å²) in [7, 11) is -2.11. The SMILES string of the molecule is OB(O)c1cc(-n2cc(-c3ccsc3)nn2)cc(F)c1F. The molecular formula is C12H8BF2N3O2S. The topological polar surface area (TPSA) is 71.2 Å². The zero-order valence-corrected chi connectivity index (χ0v) is 11.3. The number of hydrogen-bond donors (Lipinski definition) is 2. The van der Waals surface area contributed by atoms with Crippen molar-refractivity contribution in [2.24, 2.45) is 0 Å². The van der Waals surface area contributed by atoms with E-state index in [1.807, 2.05) is 16.8 Å². The molecule has 0 unspecified atom stereocenters. The molecule has 2 N–H and O–H groups in total. The highest BCUT2D eigenvalue weighted by atomic mass is 32.1. The lowest BCUT2D eigenvalue weighted by atomic mass is 9.79. The van der Waals surface area contributed by atoms with Crippen LogP contribution in [0.2, 0.25) is 0 Å². The zero-order chi connectivity index (χ0) is 15.0. The molecule has 0 aliphatic carbocycles. The maximum atomic E-state index is 13.5. The highest BCUT2D eigenvalue weighted by molar-refractivity contribution is 7.08. The second-order valence-electron chi connectivity index (χ2n) is 4.26. The van der Waals surface area contributed by atoms with Crippen molar-refractivity contribution in [1.82, 2.24) is 15.0 Å². The van der Waals surface area contributed by atoms with E-state index in [4.69, 9.17) is 10.0 Å². The van der Waals surface area contributed by atoms with Gasteiger partial charge in [-0.15, -0.1) is 5.10 Å². The van der Waals surface area contributed by atoms with Crippen molar-refractivity contribution in [2.75, 3.05) is 0 Å². The maximum Gasteiger partial charge on any atom is 0.491 e. The Kier molecular flexibility index (Phi) is 3.54. The molecule has 0 aliphatic rings. The van der Waals surface area contributed by atoms with Crippen molar-refractivity contribution >= 4 is 23.9 Å². The van der Waals surface area contributed by atoms with Crippen molar-refractivity contribution in [3.05, 3.63) is 46.8 Å². The number of hydrogen-bond acceptors (Lipinski definition) is 5. The van der Waals surface area contributed by atoms with Crippen molar-refractivity contribution in [2.45, 2.75) is 0 Å². The number of rotatable bonds is 3. The molecule has 2 aromatic heterocycles. The molecule has 106 valence electrons. The predicted octanol–water partition coefficient (Wildman–Crippen LogP) is 0.954. The standard InChI is InChI=1S/C12H8BF2N3O2S/c14-10-4-8(3-9(12(10)15)13(19)20)18-5-11(16-17-18)7-1-2-21-6-7/h1-6,19-20H. The quantitative estimate of drug-likeness (QED) is 0.707. The van der Waals surface area contributed by atoms with Crippen LogP contribution < -0.4 is 5.46 Å². The van der Waals surface area contributed by atoms with Crippen LogP contribution >= 0.6 is 11.3 Å². The molecule has 0 spiro atoms. The van der Waals surface area contributed by atoms with E-state index >= 15 is 0 Å². The van der Waals surface area contributed by atoms with Crippen molar-refractivity contribution in [3.8, 4) is 16.9 Å². The lowest BCUT2D eigenvalue weighted by Gasteiger charge is -2.06. The molecule has 3 rings (SSSR count). The summed E-state index contributed by atoms with van der Waals surface area (Å²) in [6.45, 7) is 0. The summed E-state index contributed by atoms with van der Waals surface area (Å²) in [5.74, 6) is -2.49.